The van der Waals surface area contributed by atoms with Crippen molar-refractivity contribution in [3.63, 3.8) is 0 Å². The Hall–Kier alpha value is -1.00. The first kappa shape index (κ1) is 13.0. The Bertz CT molecular complexity index is 219. The predicted molar refractivity (Wildman–Crippen MR) is 45.9 cm³/mol. The summed E-state index contributed by atoms with van der Waals surface area (Å²) in [7, 11) is 0. The molecule has 5 heteroatoms. The molecule has 0 aromatic heterocycles. The number of carbonyl (C=O) groups is 1. The van der Waals surface area contributed by atoms with E-state index in [-0.39, 0.29) is 12.5 Å². The topological polar surface area (TPSA) is 37.3 Å². The standard InChI is InChI=1S/C9H13F3O2/c1-2-3-4-5-7(6-8(13)14)9(10,11)12/h6H,2-5H2,1H3,(H,13,14)/b7-6+. The van der Waals surface area contributed by atoms with Crippen LogP contribution in [-0.2, 0) is 4.79 Å². The van der Waals surface area contributed by atoms with Gasteiger partial charge in [0.05, 0.1) is 0 Å². The van der Waals surface area contributed by atoms with Crippen molar-refractivity contribution < 1.29 is 23.1 Å². The zero-order valence-electron chi connectivity index (χ0n) is 7.90. The van der Waals surface area contributed by atoms with Crippen molar-refractivity contribution in [2.75, 3.05) is 0 Å². The Morgan fingerprint density at radius 3 is 2.29 bits per heavy atom. The first-order valence-electron chi connectivity index (χ1n) is 4.38. The number of unbranched alkanes of at least 4 members (excludes halogenated alkanes) is 2. The number of carboxylic acids is 1. The van der Waals surface area contributed by atoms with Gasteiger partial charge in [0.2, 0.25) is 0 Å². The number of alkyl halides is 3. The van der Waals surface area contributed by atoms with E-state index in [0.29, 0.717) is 12.8 Å². The van der Waals surface area contributed by atoms with Gasteiger partial charge >= 0.3 is 12.1 Å². The molecule has 0 fully saturated rings. The highest BCUT2D eigenvalue weighted by Crippen LogP contribution is 2.29. The normalized spacial score (nSPS) is 13.0. The molecule has 0 atom stereocenters. The molecule has 0 radical (unpaired) electrons. The van der Waals surface area contributed by atoms with Gasteiger partial charge in [0.15, 0.2) is 0 Å². The molecule has 0 saturated heterocycles. The third-order valence-corrected chi connectivity index (χ3v) is 1.71. The molecule has 0 aliphatic heterocycles. The number of halogens is 3. The highest BCUT2D eigenvalue weighted by molar-refractivity contribution is 5.80. The molecule has 0 spiro atoms. The van der Waals surface area contributed by atoms with Crippen molar-refractivity contribution in [2.45, 2.75) is 38.8 Å². The first-order valence-corrected chi connectivity index (χ1v) is 4.38. The number of allylic oxidation sites excluding steroid dienone is 1. The van der Waals surface area contributed by atoms with E-state index in [1.54, 1.807) is 0 Å². The summed E-state index contributed by atoms with van der Waals surface area (Å²) < 4.78 is 36.5. The third-order valence-electron chi connectivity index (χ3n) is 1.71. The molecule has 0 aliphatic rings. The minimum atomic E-state index is -4.52. The Balaban J connectivity index is 4.35. The molecular formula is C9H13F3O2. The van der Waals surface area contributed by atoms with Gasteiger partial charge in [0.25, 0.3) is 0 Å². The summed E-state index contributed by atoms with van der Waals surface area (Å²) >= 11 is 0. The second-order valence-corrected chi connectivity index (χ2v) is 2.96. The number of rotatable bonds is 5. The minimum Gasteiger partial charge on any atom is -0.478 e. The molecule has 0 aromatic rings. The van der Waals surface area contributed by atoms with Crippen molar-refractivity contribution in [2.24, 2.45) is 0 Å². The van der Waals surface area contributed by atoms with E-state index in [1.807, 2.05) is 6.92 Å². The van der Waals surface area contributed by atoms with Crippen LogP contribution in [0.3, 0.4) is 0 Å². The lowest BCUT2D eigenvalue weighted by atomic mass is 10.1. The second-order valence-electron chi connectivity index (χ2n) is 2.96. The number of hydrogen-bond donors (Lipinski definition) is 1. The van der Waals surface area contributed by atoms with Crippen LogP contribution in [0.4, 0.5) is 13.2 Å². The van der Waals surface area contributed by atoms with Crippen molar-refractivity contribution in [1.82, 2.24) is 0 Å². The lowest BCUT2D eigenvalue weighted by Crippen LogP contribution is -2.13. The van der Waals surface area contributed by atoms with E-state index in [0.717, 1.165) is 6.42 Å². The molecular weight excluding hydrogens is 197 g/mol. The summed E-state index contributed by atoms with van der Waals surface area (Å²) in [4.78, 5) is 10.1. The van der Waals surface area contributed by atoms with E-state index in [2.05, 4.69) is 0 Å². The van der Waals surface area contributed by atoms with E-state index in [1.165, 1.54) is 0 Å². The molecule has 1 N–H and O–H groups in total. The lowest BCUT2D eigenvalue weighted by molar-refractivity contribution is -0.132. The maximum Gasteiger partial charge on any atom is 0.412 e. The van der Waals surface area contributed by atoms with Crippen LogP contribution in [0, 0.1) is 0 Å². The molecule has 14 heavy (non-hydrogen) atoms. The van der Waals surface area contributed by atoms with Gasteiger partial charge in [-0.1, -0.05) is 19.8 Å². The quantitative estimate of drug-likeness (QED) is 0.559. The average molecular weight is 210 g/mol. The molecule has 0 aliphatic carbocycles. The zero-order chi connectivity index (χ0) is 11.2. The van der Waals surface area contributed by atoms with Crippen LogP contribution < -0.4 is 0 Å². The van der Waals surface area contributed by atoms with Gasteiger partial charge in [0.1, 0.15) is 0 Å². The van der Waals surface area contributed by atoms with Gasteiger partial charge in [-0.3, -0.25) is 0 Å². The third kappa shape index (κ3) is 5.61. The Morgan fingerprint density at radius 2 is 1.93 bits per heavy atom. The molecule has 2 nitrogen and oxygen atoms in total. The van der Waals surface area contributed by atoms with E-state index < -0.39 is 17.7 Å². The van der Waals surface area contributed by atoms with E-state index in [4.69, 9.17) is 5.11 Å². The lowest BCUT2D eigenvalue weighted by Gasteiger charge is -2.10. The minimum absolute atomic E-state index is 0.219. The molecule has 0 rings (SSSR count). The number of carboxylic acid groups (broad SMARTS) is 1. The largest absolute Gasteiger partial charge is 0.478 e. The maximum atomic E-state index is 12.2. The Labute approximate surface area is 80.4 Å². The molecule has 0 saturated carbocycles. The van der Waals surface area contributed by atoms with Crippen LogP contribution in [0.25, 0.3) is 0 Å². The number of hydrogen-bond acceptors (Lipinski definition) is 1. The first-order chi connectivity index (χ1) is 6.38. The monoisotopic (exact) mass is 210 g/mol. The van der Waals surface area contributed by atoms with Gasteiger partial charge in [0, 0.05) is 11.6 Å². The van der Waals surface area contributed by atoms with Crippen molar-refractivity contribution in [3.05, 3.63) is 11.6 Å². The molecule has 0 heterocycles. The molecule has 82 valence electrons. The summed E-state index contributed by atoms with van der Waals surface area (Å²) in [5.41, 5.74) is -0.960. The van der Waals surface area contributed by atoms with E-state index >= 15 is 0 Å². The van der Waals surface area contributed by atoms with Crippen LogP contribution >= 0.6 is 0 Å². The van der Waals surface area contributed by atoms with Crippen molar-refractivity contribution in [1.29, 1.82) is 0 Å². The molecule has 0 unspecified atom stereocenters. The number of aliphatic carboxylic acids is 1. The fourth-order valence-electron chi connectivity index (χ4n) is 1.01. The highest BCUT2D eigenvalue weighted by atomic mass is 19.4. The van der Waals surface area contributed by atoms with Gasteiger partial charge in [-0.15, -0.1) is 0 Å². The summed E-state index contributed by atoms with van der Waals surface area (Å²) in [5, 5.41) is 8.23. The maximum absolute atomic E-state index is 12.2. The average Bonchev–Trinajstić information content (AvgIpc) is 2.00. The molecule has 0 bridgehead atoms. The fourth-order valence-corrected chi connectivity index (χ4v) is 1.01. The zero-order valence-corrected chi connectivity index (χ0v) is 7.90. The summed E-state index contributed by atoms with van der Waals surface area (Å²) in [6.07, 6.45) is -2.65. The van der Waals surface area contributed by atoms with Gasteiger partial charge < -0.3 is 5.11 Å². The van der Waals surface area contributed by atoms with Gasteiger partial charge in [-0.05, 0) is 12.8 Å². The smallest absolute Gasteiger partial charge is 0.412 e. The van der Waals surface area contributed by atoms with Crippen LogP contribution in [0.15, 0.2) is 11.6 Å². The van der Waals surface area contributed by atoms with Gasteiger partial charge in [-0.2, -0.15) is 13.2 Å². The second kappa shape index (κ2) is 5.67. The van der Waals surface area contributed by atoms with Crippen molar-refractivity contribution >= 4 is 5.97 Å². The SMILES string of the molecule is CCCCC/C(=C\C(=O)O)C(F)(F)F. The summed E-state index contributed by atoms with van der Waals surface area (Å²) in [6, 6.07) is 0. The fraction of sp³-hybridized carbons (Fsp3) is 0.667. The summed E-state index contributed by atoms with van der Waals surface area (Å²) in [5.74, 6) is -1.55. The van der Waals surface area contributed by atoms with Crippen LogP contribution in [-0.4, -0.2) is 17.3 Å². The predicted octanol–water partition coefficient (Wildman–Crippen LogP) is 3.14. The van der Waals surface area contributed by atoms with Crippen molar-refractivity contribution in [3.8, 4) is 0 Å². The van der Waals surface area contributed by atoms with Crippen LogP contribution in [0.1, 0.15) is 32.6 Å². The molecule has 0 aromatic carbocycles. The van der Waals surface area contributed by atoms with Gasteiger partial charge in [-0.25, -0.2) is 4.79 Å². The summed E-state index contributed by atoms with van der Waals surface area (Å²) in [6.45, 7) is 1.87. The highest BCUT2D eigenvalue weighted by Gasteiger charge is 2.33. The Morgan fingerprint density at radius 1 is 1.36 bits per heavy atom. The van der Waals surface area contributed by atoms with E-state index in [9.17, 15) is 18.0 Å². The molecule has 0 amide bonds. The van der Waals surface area contributed by atoms with Crippen LogP contribution in [0.5, 0.6) is 0 Å². The Kier molecular flexibility index (Phi) is 5.27. The van der Waals surface area contributed by atoms with Crippen LogP contribution in [0.2, 0.25) is 0 Å².